The summed E-state index contributed by atoms with van der Waals surface area (Å²) >= 11 is 0. The molecule has 0 radical (unpaired) electrons. The van der Waals surface area contributed by atoms with Gasteiger partial charge in [0.05, 0.1) is 0 Å². The van der Waals surface area contributed by atoms with Crippen LogP contribution in [0.15, 0.2) is 72.8 Å². The number of piperidine rings is 1. The summed E-state index contributed by atoms with van der Waals surface area (Å²) in [5, 5.41) is 0. The fourth-order valence-electron chi connectivity index (χ4n) is 4.66. The average molecular weight is 446 g/mol. The third-order valence-electron chi connectivity index (χ3n) is 6.82. The maximum Gasteiger partial charge on any atom is 0.123 e. The van der Waals surface area contributed by atoms with Gasteiger partial charge in [-0.2, -0.15) is 0 Å². The molecule has 0 amide bonds. The van der Waals surface area contributed by atoms with E-state index in [1.807, 2.05) is 24.3 Å². The number of hydrogen-bond donors (Lipinski definition) is 0. The molecule has 4 rings (SSSR count). The SMILES string of the molecule is Cc1cc(-c2ccc(F)cc2)ccc1/C=C\CCC1CCN(CCc2ccc(F)cc2)CC1. The van der Waals surface area contributed by atoms with Crippen LogP contribution in [0.5, 0.6) is 0 Å². The molecule has 3 heteroatoms. The van der Waals surface area contributed by atoms with E-state index in [-0.39, 0.29) is 11.6 Å². The molecule has 1 fully saturated rings. The van der Waals surface area contributed by atoms with Crippen LogP contribution in [0.1, 0.15) is 42.4 Å². The molecular formula is C30H33F2N. The van der Waals surface area contributed by atoms with Crippen molar-refractivity contribution in [2.24, 2.45) is 5.92 Å². The third kappa shape index (κ3) is 6.85. The summed E-state index contributed by atoms with van der Waals surface area (Å²) in [6.45, 7) is 5.53. The van der Waals surface area contributed by atoms with Crippen LogP contribution in [0, 0.1) is 24.5 Å². The number of rotatable bonds is 8. The van der Waals surface area contributed by atoms with E-state index in [0.29, 0.717) is 0 Å². The number of aryl methyl sites for hydroxylation is 1. The number of halogens is 2. The highest BCUT2D eigenvalue weighted by Gasteiger charge is 2.18. The molecule has 0 atom stereocenters. The van der Waals surface area contributed by atoms with Gasteiger partial charge in [-0.1, -0.05) is 54.6 Å². The second-order valence-electron chi connectivity index (χ2n) is 9.22. The molecule has 0 aromatic heterocycles. The van der Waals surface area contributed by atoms with E-state index in [0.717, 1.165) is 36.4 Å². The van der Waals surface area contributed by atoms with Gasteiger partial charge in [-0.25, -0.2) is 8.78 Å². The zero-order valence-electron chi connectivity index (χ0n) is 19.4. The van der Waals surface area contributed by atoms with E-state index in [4.69, 9.17) is 0 Å². The van der Waals surface area contributed by atoms with Crippen molar-refractivity contribution in [1.82, 2.24) is 4.90 Å². The van der Waals surface area contributed by atoms with E-state index < -0.39 is 0 Å². The highest BCUT2D eigenvalue weighted by atomic mass is 19.1. The Morgan fingerprint density at radius 2 is 1.48 bits per heavy atom. The Bertz CT molecular complexity index is 1050. The van der Waals surface area contributed by atoms with Crippen LogP contribution < -0.4 is 0 Å². The first-order chi connectivity index (χ1) is 16.1. The van der Waals surface area contributed by atoms with Gasteiger partial charge < -0.3 is 4.90 Å². The minimum Gasteiger partial charge on any atom is -0.303 e. The zero-order valence-corrected chi connectivity index (χ0v) is 19.4. The largest absolute Gasteiger partial charge is 0.303 e. The first-order valence-corrected chi connectivity index (χ1v) is 12.1. The molecule has 0 spiro atoms. The highest BCUT2D eigenvalue weighted by Crippen LogP contribution is 2.25. The van der Waals surface area contributed by atoms with Gasteiger partial charge in [-0.05, 0) is 110 Å². The predicted octanol–water partition coefficient (Wildman–Crippen LogP) is 7.69. The van der Waals surface area contributed by atoms with Gasteiger partial charge in [0.15, 0.2) is 0 Å². The van der Waals surface area contributed by atoms with Crippen molar-refractivity contribution >= 4 is 6.08 Å². The summed E-state index contributed by atoms with van der Waals surface area (Å²) in [7, 11) is 0. The lowest BCUT2D eigenvalue weighted by atomic mass is 9.91. The van der Waals surface area contributed by atoms with E-state index in [2.05, 4.69) is 42.2 Å². The Labute approximate surface area is 196 Å². The summed E-state index contributed by atoms with van der Waals surface area (Å²) in [6.07, 6.45) is 10.4. The maximum absolute atomic E-state index is 13.2. The Morgan fingerprint density at radius 3 is 2.15 bits per heavy atom. The molecule has 172 valence electrons. The van der Waals surface area contributed by atoms with Crippen molar-refractivity contribution in [3.8, 4) is 11.1 Å². The summed E-state index contributed by atoms with van der Waals surface area (Å²) < 4.78 is 26.2. The van der Waals surface area contributed by atoms with Gasteiger partial charge >= 0.3 is 0 Å². The van der Waals surface area contributed by atoms with Crippen LogP contribution in [0.25, 0.3) is 17.2 Å². The summed E-state index contributed by atoms with van der Waals surface area (Å²) in [4.78, 5) is 2.54. The summed E-state index contributed by atoms with van der Waals surface area (Å²) in [5.41, 5.74) is 5.86. The molecule has 1 heterocycles. The highest BCUT2D eigenvalue weighted by molar-refractivity contribution is 5.67. The average Bonchev–Trinajstić information content (AvgIpc) is 2.83. The van der Waals surface area contributed by atoms with E-state index >= 15 is 0 Å². The molecule has 1 aliphatic heterocycles. The number of benzene rings is 3. The quantitative estimate of drug-likeness (QED) is 0.343. The van der Waals surface area contributed by atoms with E-state index in [1.165, 1.54) is 61.2 Å². The zero-order chi connectivity index (χ0) is 23.0. The molecule has 0 saturated carbocycles. The molecule has 1 saturated heterocycles. The van der Waals surface area contributed by atoms with Crippen LogP contribution in [0.4, 0.5) is 8.78 Å². The normalized spacial score (nSPS) is 15.4. The standard InChI is InChI=1S/C30H33F2N/c1-23-22-28(27-10-14-30(32)15-11-27)9-8-26(23)5-3-2-4-24-16-19-33(20-17-24)21-18-25-6-12-29(31)13-7-25/h3,5-15,22,24H,2,4,16-21H2,1H3/b5-3-. The number of likely N-dealkylation sites (tertiary alicyclic amines) is 1. The van der Waals surface area contributed by atoms with Crippen molar-refractivity contribution in [2.45, 2.75) is 39.0 Å². The monoisotopic (exact) mass is 445 g/mol. The van der Waals surface area contributed by atoms with Gasteiger partial charge in [-0.3, -0.25) is 0 Å². The molecule has 3 aromatic carbocycles. The maximum atomic E-state index is 13.2. The van der Waals surface area contributed by atoms with Crippen molar-refractivity contribution < 1.29 is 8.78 Å². The lowest BCUT2D eigenvalue weighted by molar-refractivity contribution is 0.181. The molecule has 0 unspecified atom stereocenters. The van der Waals surface area contributed by atoms with Crippen molar-refractivity contribution in [1.29, 1.82) is 0 Å². The van der Waals surface area contributed by atoms with Crippen molar-refractivity contribution in [3.05, 3.63) is 101 Å². The molecule has 1 aliphatic rings. The third-order valence-corrected chi connectivity index (χ3v) is 6.82. The van der Waals surface area contributed by atoms with E-state index in [1.54, 1.807) is 12.1 Å². The number of allylic oxidation sites excluding steroid dienone is 1. The first kappa shape index (κ1) is 23.4. The summed E-state index contributed by atoms with van der Waals surface area (Å²) in [6, 6.07) is 20.0. The van der Waals surface area contributed by atoms with Crippen molar-refractivity contribution in [2.75, 3.05) is 19.6 Å². The minimum atomic E-state index is -0.203. The number of nitrogens with zero attached hydrogens (tertiary/aromatic N) is 1. The molecule has 33 heavy (non-hydrogen) atoms. The predicted molar refractivity (Wildman–Crippen MR) is 134 cm³/mol. The van der Waals surface area contributed by atoms with Gasteiger partial charge in [0, 0.05) is 6.54 Å². The Kier molecular flexibility index (Phi) is 8.06. The molecule has 0 bridgehead atoms. The smallest absolute Gasteiger partial charge is 0.123 e. The minimum absolute atomic E-state index is 0.161. The van der Waals surface area contributed by atoms with Gasteiger partial charge in [0.25, 0.3) is 0 Å². The van der Waals surface area contributed by atoms with Crippen LogP contribution in [-0.2, 0) is 6.42 Å². The molecular weight excluding hydrogens is 412 g/mol. The Morgan fingerprint density at radius 1 is 0.848 bits per heavy atom. The van der Waals surface area contributed by atoms with Crippen LogP contribution >= 0.6 is 0 Å². The van der Waals surface area contributed by atoms with Gasteiger partial charge in [0.1, 0.15) is 11.6 Å². The summed E-state index contributed by atoms with van der Waals surface area (Å²) in [5.74, 6) is 0.440. The lowest BCUT2D eigenvalue weighted by Crippen LogP contribution is -2.35. The van der Waals surface area contributed by atoms with Crippen LogP contribution in [0.3, 0.4) is 0 Å². The van der Waals surface area contributed by atoms with Gasteiger partial charge in [-0.15, -0.1) is 0 Å². The van der Waals surface area contributed by atoms with Crippen LogP contribution in [-0.4, -0.2) is 24.5 Å². The fourth-order valence-corrected chi connectivity index (χ4v) is 4.66. The molecule has 1 nitrogen and oxygen atoms in total. The molecule has 0 aliphatic carbocycles. The molecule has 0 N–H and O–H groups in total. The first-order valence-electron chi connectivity index (χ1n) is 12.1. The number of hydrogen-bond acceptors (Lipinski definition) is 1. The van der Waals surface area contributed by atoms with Crippen molar-refractivity contribution in [3.63, 3.8) is 0 Å². The topological polar surface area (TPSA) is 3.24 Å². The second-order valence-corrected chi connectivity index (χ2v) is 9.22. The Balaban J connectivity index is 1.19. The van der Waals surface area contributed by atoms with Crippen LogP contribution in [0.2, 0.25) is 0 Å². The lowest BCUT2D eigenvalue weighted by Gasteiger charge is -2.31. The molecule has 3 aromatic rings. The second kappa shape index (κ2) is 11.4. The Hall–Kier alpha value is -2.78. The van der Waals surface area contributed by atoms with Gasteiger partial charge in [0.2, 0.25) is 0 Å². The van der Waals surface area contributed by atoms with E-state index in [9.17, 15) is 8.78 Å². The fraction of sp³-hybridized carbons (Fsp3) is 0.333.